The Morgan fingerprint density at radius 2 is 1.78 bits per heavy atom. The van der Waals surface area contributed by atoms with E-state index in [-0.39, 0.29) is 12.6 Å². The largest absolute Gasteiger partial charge is 0.396 e. The summed E-state index contributed by atoms with van der Waals surface area (Å²) >= 11 is 0. The van der Waals surface area contributed by atoms with Crippen molar-refractivity contribution in [2.45, 2.75) is 52.5 Å². The molecule has 0 aliphatic heterocycles. The summed E-state index contributed by atoms with van der Waals surface area (Å²) in [5.41, 5.74) is 0. The number of aliphatic hydroxyl groups excluding tert-OH is 1. The first kappa shape index (κ1) is 17.8. The summed E-state index contributed by atoms with van der Waals surface area (Å²) in [5.74, 6) is 0.654. The van der Waals surface area contributed by atoms with Crippen molar-refractivity contribution in [2.75, 3.05) is 20.2 Å². The van der Waals surface area contributed by atoms with Crippen LogP contribution < -0.4 is 4.72 Å². The molecule has 5 nitrogen and oxygen atoms in total. The summed E-state index contributed by atoms with van der Waals surface area (Å²) in [7, 11) is -1.88. The molecular formula is C12H28N2O3S. The van der Waals surface area contributed by atoms with Gasteiger partial charge in [0.05, 0.1) is 0 Å². The second-order valence-corrected chi connectivity index (χ2v) is 7.06. The van der Waals surface area contributed by atoms with E-state index >= 15 is 0 Å². The number of rotatable bonds is 10. The van der Waals surface area contributed by atoms with Gasteiger partial charge in [-0.3, -0.25) is 0 Å². The van der Waals surface area contributed by atoms with Gasteiger partial charge in [-0.15, -0.1) is 0 Å². The van der Waals surface area contributed by atoms with Gasteiger partial charge in [0.15, 0.2) is 0 Å². The summed E-state index contributed by atoms with van der Waals surface area (Å²) < 4.78 is 27.7. The molecule has 18 heavy (non-hydrogen) atoms. The third kappa shape index (κ3) is 8.02. The summed E-state index contributed by atoms with van der Waals surface area (Å²) in [5, 5.41) is 8.69. The Kier molecular flexibility index (Phi) is 8.77. The van der Waals surface area contributed by atoms with Crippen molar-refractivity contribution in [2.24, 2.45) is 5.92 Å². The van der Waals surface area contributed by atoms with E-state index in [0.29, 0.717) is 18.9 Å². The van der Waals surface area contributed by atoms with Crippen molar-refractivity contribution >= 4 is 10.2 Å². The maximum Gasteiger partial charge on any atom is 0.279 e. The fourth-order valence-electron chi connectivity index (χ4n) is 1.65. The smallest absolute Gasteiger partial charge is 0.279 e. The van der Waals surface area contributed by atoms with Crippen LogP contribution in [0.25, 0.3) is 0 Å². The predicted molar refractivity (Wildman–Crippen MR) is 74.5 cm³/mol. The quantitative estimate of drug-likeness (QED) is 0.634. The van der Waals surface area contributed by atoms with Gasteiger partial charge in [0.2, 0.25) is 0 Å². The fraction of sp³-hybridized carbons (Fsp3) is 1.00. The van der Waals surface area contributed by atoms with Gasteiger partial charge in [-0.1, -0.05) is 26.7 Å². The molecule has 0 heterocycles. The molecule has 0 bridgehead atoms. The SMILES string of the molecule is CC(C)CCCC(C)NS(=O)(=O)N(C)CCCO. The molecule has 0 aromatic heterocycles. The Hall–Kier alpha value is -0.170. The fourth-order valence-corrected chi connectivity index (χ4v) is 2.82. The van der Waals surface area contributed by atoms with E-state index in [1.807, 2.05) is 6.92 Å². The molecule has 0 saturated heterocycles. The molecule has 0 aliphatic carbocycles. The Balaban J connectivity index is 4.06. The van der Waals surface area contributed by atoms with Crippen LogP contribution in [0.4, 0.5) is 0 Å². The zero-order chi connectivity index (χ0) is 14.2. The minimum absolute atomic E-state index is 0.00377. The Labute approximate surface area is 112 Å². The summed E-state index contributed by atoms with van der Waals surface area (Å²) in [6, 6.07) is -0.0506. The lowest BCUT2D eigenvalue weighted by molar-refractivity contribution is 0.275. The van der Waals surface area contributed by atoms with Crippen LogP contribution in [0.15, 0.2) is 0 Å². The molecule has 0 aromatic carbocycles. The number of nitrogens with one attached hydrogen (secondary N) is 1. The lowest BCUT2D eigenvalue weighted by Gasteiger charge is -2.21. The Morgan fingerprint density at radius 1 is 1.17 bits per heavy atom. The predicted octanol–water partition coefficient (Wildman–Crippen LogP) is 1.35. The highest BCUT2D eigenvalue weighted by molar-refractivity contribution is 7.87. The third-order valence-electron chi connectivity index (χ3n) is 2.81. The molecule has 110 valence electrons. The van der Waals surface area contributed by atoms with Crippen LogP contribution in [-0.4, -0.2) is 44.1 Å². The Bertz CT molecular complexity index is 304. The van der Waals surface area contributed by atoms with Gasteiger partial charge in [-0.05, 0) is 25.7 Å². The summed E-state index contributed by atoms with van der Waals surface area (Å²) in [4.78, 5) is 0. The average Bonchev–Trinajstić information content (AvgIpc) is 2.24. The third-order valence-corrected chi connectivity index (χ3v) is 4.51. The number of hydrogen-bond acceptors (Lipinski definition) is 3. The van der Waals surface area contributed by atoms with Crippen molar-refractivity contribution in [3.8, 4) is 0 Å². The Morgan fingerprint density at radius 3 is 2.28 bits per heavy atom. The van der Waals surface area contributed by atoms with Crippen LogP contribution in [0.5, 0.6) is 0 Å². The van der Waals surface area contributed by atoms with Crippen LogP contribution in [0.3, 0.4) is 0 Å². The maximum absolute atomic E-state index is 11.9. The minimum atomic E-state index is -3.41. The van der Waals surface area contributed by atoms with Crippen molar-refractivity contribution in [3.05, 3.63) is 0 Å². The molecule has 0 amide bonds. The molecule has 2 N–H and O–H groups in total. The molecule has 1 atom stereocenters. The van der Waals surface area contributed by atoms with E-state index in [9.17, 15) is 8.42 Å². The van der Waals surface area contributed by atoms with Crippen LogP contribution >= 0.6 is 0 Å². The minimum Gasteiger partial charge on any atom is -0.396 e. The standard InChI is InChI=1S/C12H28N2O3S/c1-11(2)7-5-8-12(3)13-18(16,17)14(4)9-6-10-15/h11-13,15H,5-10H2,1-4H3. The molecule has 0 rings (SSSR count). The maximum atomic E-state index is 11.9. The highest BCUT2D eigenvalue weighted by atomic mass is 32.2. The molecular weight excluding hydrogens is 252 g/mol. The topological polar surface area (TPSA) is 69.6 Å². The highest BCUT2D eigenvalue weighted by Gasteiger charge is 2.19. The number of aliphatic hydroxyl groups is 1. The molecule has 1 unspecified atom stereocenters. The lowest BCUT2D eigenvalue weighted by atomic mass is 10.0. The summed E-state index contributed by atoms with van der Waals surface area (Å²) in [6.45, 7) is 6.56. The van der Waals surface area contributed by atoms with Gasteiger partial charge in [-0.2, -0.15) is 17.4 Å². The van der Waals surface area contributed by atoms with Gasteiger partial charge in [0, 0.05) is 26.2 Å². The van der Waals surface area contributed by atoms with E-state index in [0.717, 1.165) is 19.3 Å². The van der Waals surface area contributed by atoms with E-state index < -0.39 is 10.2 Å². The molecule has 6 heteroatoms. The van der Waals surface area contributed by atoms with E-state index in [2.05, 4.69) is 18.6 Å². The molecule has 0 aliphatic rings. The zero-order valence-corrected chi connectivity index (χ0v) is 12.8. The number of hydrogen-bond donors (Lipinski definition) is 2. The van der Waals surface area contributed by atoms with E-state index in [1.165, 1.54) is 11.4 Å². The van der Waals surface area contributed by atoms with Crippen LogP contribution in [-0.2, 0) is 10.2 Å². The van der Waals surface area contributed by atoms with Crippen molar-refractivity contribution in [1.82, 2.24) is 9.03 Å². The number of nitrogens with zero attached hydrogens (tertiary/aromatic N) is 1. The first-order valence-electron chi connectivity index (χ1n) is 6.64. The van der Waals surface area contributed by atoms with E-state index in [1.54, 1.807) is 0 Å². The van der Waals surface area contributed by atoms with Gasteiger partial charge < -0.3 is 5.11 Å². The lowest BCUT2D eigenvalue weighted by Crippen LogP contribution is -2.43. The van der Waals surface area contributed by atoms with Gasteiger partial charge in [0.25, 0.3) is 10.2 Å². The van der Waals surface area contributed by atoms with Crippen LogP contribution in [0, 0.1) is 5.92 Å². The monoisotopic (exact) mass is 280 g/mol. The normalized spacial score (nSPS) is 14.4. The zero-order valence-electron chi connectivity index (χ0n) is 12.0. The second-order valence-electron chi connectivity index (χ2n) is 5.25. The molecule has 0 aromatic rings. The van der Waals surface area contributed by atoms with Crippen LogP contribution in [0.1, 0.15) is 46.5 Å². The first-order valence-corrected chi connectivity index (χ1v) is 8.08. The molecule has 0 fully saturated rings. The van der Waals surface area contributed by atoms with Gasteiger partial charge in [-0.25, -0.2) is 0 Å². The first-order chi connectivity index (χ1) is 8.29. The second kappa shape index (κ2) is 8.85. The molecule has 0 radical (unpaired) electrons. The molecule has 0 spiro atoms. The average molecular weight is 280 g/mol. The van der Waals surface area contributed by atoms with Crippen molar-refractivity contribution < 1.29 is 13.5 Å². The highest BCUT2D eigenvalue weighted by Crippen LogP contribution is 2.09. The van der Waals surface area contributed by atoms with Crippen molar-refractivity contribution in [3.63, 3.8) is 0 Å². The summed E-state index contributed by atoms with van der Waals surface area (Å²) in [6.07, 6.45) is 3.46. The molecule has 0 saturated carbocycles. The van der Waals surface area contributed by atoms with Crippen molar-refractivity contribution in [1.29, 1.82) is 0 Å². The van der Waals surface area contributed by atoms with Crippen LogP contribution in [0.2, 0.25) is 0 Å². The van der Waals surface area contributed by atoms with E-state index in [4.69, 9.17) is 5.11 Å². The van der Waals surface area contributed by atoms with Gasteiger partial charge in [0.1, 0.15) is 0 Å². The van der Waals surface area contributed by atoms with Gasteiger partial charge >= 0.3 is 0 Å².